The summed E-state index contributed by atoms with van der Waals surface area (Å²) in [5.74, 6) is -0.213. The Balaban J connectivity index is 2.75. The molecular weight excluding hydrogens is 290 g/mol. The monoisotopic (exact) mass is 309 g/mol. The maximum absolute atomic E-state index is 12.2. The minimum Gasteiger partial charge on any atom is -0.354 e. The van der Waals surface area contributed by atoms with E-state index in [2.05, 4.69) is 10.0 Å². The van der Waals surface area contributed by atoms with Crippen molar-refractivity contribution in [2.24, 2.45) is 0 Å². The Labute approximate surface area is 125 Å². The summed E-state index contributed by atoms with van der Waals surface area (Å²) in [4.78, 5) is 11.5. The zero-order chi connectivity index (χ0) is 16.0. The van der Waals surface area contributed by atoms with Gasteiger partial charge in [-0.25, -0.2) is 13.1 Å². The first-order valence-electron chi connectivity index (χ1n) is 6.56. The van der Waals surface area contributed by atoms with Crippen molar-refractivity contribution in [1.82, 2.24) is 10.0 Å². The summed E-state index contributed by atoms with van der Waals surface area (Å²) in [6.45, 7) is 5.33. The van der Waals surface area contributed by atoms with Crippen LogP contribution in [0.1, 0.15) is 31.4 Å². The van der Waals surface area contributed by atoms with Crippen LogP contribution in [-0.2, 0) is 14.8 Å². The standard InChI is InChI=1S/C14H19N3O3S/c1-10(2)17-14(18)6-7-16-21(19,20)13-8-12(9-15)5-4-11(13)3/h4-5,8,10,16H,6-7H2,1-3H3,(H,17,18). The molecule has 0 aliphatic rings. The van der Waals surface area contributed by atoms with Gasteiger partial charge >= 0.3 is 0 Å². The van der Waals surface area contributed by atoms with Gasteiger partial charge in [-0.2, -0.15) is 5.26 Å². The van der Waals surface area contributed by atoms with Crippen molar-refractivity contribution >= 4 is 15.9 Å². The minimum atomic E-state index is -3.73. The smallest absolute Gasteiger partial charge is 0.240 e. The number of nitriles is 1. The van der Waals surface area contributed by atoms with Crippen LogP contribution in [0.5, 0.6) is 0 Å². The van der Waals surface area contributed by atoms with Crippen LogP contribution in [0.3, 0.4) is 0 Å². The minimum absolute atomic E-state index is 0.0110. The summed E-state index contributed by atoms with van der Waals surface area (Å²) >= 11 is 0. The molecule has 6 nitrogen and oxygen atoms in total. The average Bonchev–Trinajstić information content (AvgIpc) is 2.37. The number of carbonyl (C=O) groups excluding carboxylic acids is 1. The van der Waals surface area contributed by atoms with E-state index in [0.717, 1.165) is 0 Å². The zero-order valence-corrected chi connectivity index (χ0v) is 13.1. The van der Waals surface area contributed by atoms with Crippen LogP contribution in [0.25, 0.3) is 0 Å². The van der Waals surface area contributed by atoms with Gasteiger partial charge < -0.3 is 5.32 Å². The summed E-state index contributed by atoms with van der Waals surface area (Å²) in [7, 11) is -3.73. The first-order chi connectivity index (χ1) is 9.76. The van der Waals surface area contributed by atoms with E-state index in [9.17, 15) is 13.2 Å². The lowest BCUT2D eigenvalue weighted by Crippen LogP contribution is -2.34. The van der Waals surface area contributed by atoms with E-state index in [1.165, 1.54) is 6.07 Å². The van der Waals surface area contributed by atoms with Crippen molar-refractivity contribution in [2.75, 3.05) is 6.54 Å². The number of hydrogen-bond donors (Lipinski definition) is 2. The van der Waals surface area contributed by atoms with Crippen LogP contribution in [0.4, 0.5) is 0 Å². The van der Waals surface area contributed by atoms with Crippen molar-refractivity contribution < 1.29 is 13.2 Å². The lowest BCUT2D eigenvalue weighted by molar-refractivity contribution is -0.121. The van der Waals surface area contributed by atoms with E-state index in [1.807, 2.05) is 19.9 Å². The fraction of sp³-hybridized carbons (Fsp3) is 0.429. The van der Waals surface area contributed by atoms with Crippen LogP contribution < -0.4 is 10.0 Å². The highest BCUT2D eigenvalue weighted by Gasteiger charge is 2.17. The van der Waals surface area contributed by atoms with Gasteiger partial charge in [-0.3, -0.25) is 4.79 Å². The molecule has 0 aliphatic heterocycles. The van der Waals surface area contributed by atoms with E-state index in [0.29, 0.717) is 5.56 Å². The Kier molecular flexibility index (Phi) is 5.88. The van der Waals surface area contributed by atoms with Crippen molar-refractivity contribution in [3.63, 3.8) is 0 Å². The number of sulfonamides is 1. The summed E-state index contributed by atoms with van der Waals surface area (Å²) < 4.78 is 26.7. The number of amides is 1. The van der Waals surface area contributed by atoms with Crippen molar-refractivity contribution in [2.45, 2.75) is 38.1 Å². The second-order valence-electron chi connectivity index (χ2n) is 4.96. The molecule has 0 atom stereocenters. The predicted molar refractivity (Wildman–Crippen MR) is 79.0 cm³/mol. The van der Waals surface area contributed by atoms with Gasteiger partial charge in [0, 0.05) is 19.0 Å². The fourth-order valence-electron chi connectivity index (χ4n) is 1.73. The molecule has 0 bridgehead atoms. The van der Waals surface area contributed by atoms with Gasteiger partial charge in [0.05, 0.1) is 16.5 Å². The average molecular weight is 309 g/mol. The van der Waals surface area contributed by atoms with Gasteiger partial charge in [0.2, 0.25) is 15.9 Å². The molecule has 1 aromatic carbocycles. The van der Waals surface area contributed by atoms with Gasteiger partial charge in [-0.05, 0) is 38.5 Å². The Morgan fingerprint density at radius 3 is 2.62 bits per heavy atom. The molecule has 1 rings (SSSR count). The highest BCUT2D eigenvalue weighted by atomic mass is 32.2. The summed E-state index contributed by atoms with van der Waals surface area (Å²) in [6, 6.07) is 6.39. The highest BCUT2D eigenvalue weighted by Crippen LogP contribution is 2.16. The molecule has 114 valence electrons. The largest absolute Gasteiger partial charge is 0.354 e. The quantitative estimate of drug-likeness (QED) is 0.820. The second-order valence-corrected chi connectivity index (χ2v) is 6.70. The van der Waals surface area contributed by atoms with Gasteiger partial charge in [-0.15, -0.1) is 0 Å². The number of benzene rings is 1. The lowest BCUT2D eigenvalue weighted by atomic mass is 10.2. The predicted octanol–water partition coefficient (Wildman–Crippen LogP) is 1.06. The molecule has 1 aromatic rings. The number of hydrogen-bond acceptors (Lipinski definition) is 4. The third-order valence-corrected chi connectivity index (χ3v) is 4.30. The van der Waals surface area contributed by atoms with E-state index in [1.54, 1.807) is 19.1 Å². The maximum Gasteiger partial charge on any atom is 0.240 e. The molecule has 0 aliphatic carbocycles. The van der Waals surface area contributed by atoms with Crippen LogP contribution in [0, 0.1) is 18.3 Å². The first-order valence-corrected chi connectivity index (χ1v) is 8.04. The first kappa shape index (κ1) is 17.1. The number of nitrogens with zero attached hydrogens (tertiary/aromatic N) is 1. The molecule has 2 N–H and O–H groups in total. The number of carbonyl (C=O) groups is 1. The summed E-state index contributed by atoms with van der Waals surface area (Å²) in [5, 5.41) is 11.5. The third kappa shape index (κ3) is 5.17. The molecular formula is C14H19N3O3S. The van der Waals surface area contributed by atoms with Gasteiger partial charge in [0.1, 0.15) is 0 Å². The molecule has 0 radical (unpaired) electrons. The molecule has 0 saturated carbocycles. The third-order valence-electron chi connectivity index (χ3n) is 2.70. The lowest BCUT2D eigenvalue weighted by Gasteiger charge is -2.11. The molecule has 0 aromatic heterocycles. The molecule has 0 saturated heterocycles. The van der Waals surface area contributed by atoms with Crippen LogP contribution in [-0.4, -0.2) is 26.9 Å². The van der Waals surface area contributed by atoms with Crippen molar-refractivity contribution in [3.8, 4) is 6.07 Å². The molecule has 0 fully saturated rings. The Morgan fingerprint density at radius 1 is 1.38 bits per heavy atom. The van der Waals surface area contributed by atoms with Gasteiger partial charge in [0.25, 0.3) is 0 Å². The molecule has 1 amide bonds. The van der Waals surface area contributed by atoms with E-state index in [4.69, 9.17) is 5.26 Å². The topological polar surface area (TPSA) is 99.1 Å². The Bertz CT molecular complexity index is 661. The van der Waals surface area contributed by atoms with E-state index < -0.39 is 10.0 Å². The Morgan fingerprint density at radius 2 is 2.05 bits per heavy atom. The number of aryl methyl sites for hydroxylation is 1. The molecule has 0 unspecified atom stereocenters. The Hall–Kier alpha value is -1.91. The normalized spacial score (nSPS) is 11.2. The number of rotatable bonds is 6. The molecule has 21 heavy (non-hydrogen) atoms. The van der Waals surface area contributed by atoms with Gasteiger partial charge in [-0.1, -0.05) is 6.07 Å². The highest BCUT2D eigenvalue weighted by molar-refractivity contribution is 7.89. The number of nitrogens with one attached hydrogen (secondary N) is 2. The SMILES string of the molecule is Cc1ccc(C#N)cc1S(=O)(=O)NCCC(=O)NC(C)C. The van der Waals surface area contributed by atoms with E-state index >= 15 is 0 Å². The zero-order valence-electron chi connectivity index (χ0n) is 12.3. The second kappa shape index (κ2) is 7.20. The fourth-order valence-corrected chi connectivity index (χ4v) is 3.03. The van der Waals surface area contributed by atoms with Crippen LogP contribution in [0.15, 0.2) is 23.1 Å². The van der Waals surface area contributed by atoms with Crippen LogP contribution >= 0.6 is 0 Å². The van der Waals surface area contributed by atoms with E-state index in [-0.39, 0.29) is 35.4 Å². The van der Waals surface area contributed by atoms with Crippen LogP contribution in [0.2, 0.25) is 0 Å². The summed E-state index contributed by atoms with van der Waals surface area (Å²) in [6.07, 6.45) is 0.0639. The van der Waals surface area contributed by atoms with Gasteiger partial charge in [0.15, 0.2) is 0 Å². The van der Waals surface area contributed by atoms with Crippen molar-refractivity contribution in [3.05, 3.63) is 29.3 Å². The van der Waals surface area contributed by atoms with Crippen molar-refractivity contribution in [1.29, 1.82) is 5.26 Å². The molecule has 0 spiro atoms. The molecule has 7 heteroatoms. The maximum atomic E-state index is 12.2. The molecule has 0 heterocycles. The summed E-state index contributed by atoms with van der Waals surface area (Å²) in [5.41, 5.74) is 0.826.